The molecule has 0 aliphatic heterocycles. The van der Waals surface area contributed by atoms with E-state index in [9.17, 15) is 9.90 Å². The van der Waals surface area contributed by atoms with Crippen LogP contribution in [0.1, 0.15) is 17.2 Å². The zero-order valence-electron chi connectivity index (χ0n) is 9.63. The highest BCUT2D eigenvalue weighted by Crippen LogP contribution is 2.12. The van der Waals surface area contributed by atoms with E-state index in [1.54, 1.807) is 24.3 Å². The Morgan fingerprint density at radius 1 is 1.44 bits per heavy atom. The molecule has 2 aromatic rings. The third-order valence-corrected chi connectivity index (χ3v) is 2.57. The van der Waals surface area contributed by atoms with Crippen molar-refractivity contribution in [2.24, 2.45) is 0 Å². The fraction of sp³-hybridized carbons (Fsp3) is 0.167. The molecule has 1 amide bonds. The number of anilines is 1. The number of hydrogen-bond acceptors (Lipinski definition) is 4. The maximum absolute atomic E-state index is 11.7. The number of carbonyl (C=O) groups is 1. The van der Waals surface area contributed by atoms with E-state index in [0.717, 1.165) is 0 Å². The van der Waals surface area contributed by atoms with Crippen molar-refractivity contribution >= 4 is 11.7 Å². The first-order valence-corrected chi connectivity index (χ1v) is 5.47. The summed E-state index contributed by atoms with van der Waals surface area (Å²) in [5.41, 5.74) is 6.82. The number of H-pyrrole nitrogens is 1. The van der Waals surface area contributed by atoms with Crippen LogP contribution < -0.4 is 11.1 Å². The maximum Gasteiger partial charge on any atom is 0.253 e. The molecule has 0 bridgehead atoms. The summed E-state index contributed by atoms with van der Waals surface area (Å²) in [7, 11) is 0. The number of nitrogens with two attached hydrogens (primary N) is 1. The third-order valence-electron chi connectivity index (χ3n) is 2.57. The molecule has 94 valence electrons. The van der Waals surface area contributed by atoms with E-state index >= 15 is 0 Å². The summed E-state index contributed by atoms with van der Waals surface area (Å²) in [6, 6.07) is 8.73. The quantitative estimate of drug-likeness (QED) is 0.624. The number of benzene rings is 1. The molecule has 18 heavy (non-hydrogen) atoms. The van der Waals surface area contributed by atoms with Gasteiger partial charge in [0.2, 0.25) is 0 Å². The highest BCUT2D eigenvalue weighted by atomic mass is 16.3. The van der Waals surface area contributed by atoms with Crippen LogP contribution in [0.5, 0.6) is 0 Å². The van der Waals surface area contributed by atoms with Gasteiger partial charge in [0.15, 0.2) is 6.10 Å². The number of aliphatic hydroxyl groups is 1. The lowest BCUT2D eigenvalue weighted by Crippen LogP contribution is -2.28. The molecule has 2 rings (SSSR count). The average molecular weight is 246 g/mol. The maximum atomic E-state index is 11.7. The van der Waals surface area contributed by atoms with Gasteiger partial charge in [-0.1, -0.05) is 30.3 Å². The van der Waals surface area contributed by atoms with Gasteiger partial charge in [-0.3, -0.25) is 9.89 Å². The molecule has 1 heterocycles. The van der Waals surface area contributed by atoms with Crippen molar-refractivity contribution in [2.45, 2.75) is 12.6 Å². The van der Waals surface area contributed by atoms with Crippen molar-refractivity contribution in [1.82, 2.24) is 15.5 Å². The Morgan fingerprint density at radius 3 is 2.78 bits per heavy atom. The molecule has 6 nitrogen and oxygen atoms in total. The fourth-order valence-electron chi connectivity index (χ4n) is 1.53. The number of rotatable bonds is 4. The molecule has 1 aromatic carbocycles. The van der Waals surface area contributed by atoms with E-state index in [1.807, 2.05) is 6.07 Å². The topological polar surface area (TPSA) is 104 Å². The number of aromatic amines is 1. The first-order chi connectivity index (χ1) is 8.68. The van der Waals surface area contributed by atoms with Crippen molar-refractivity contribution in [3.05, 3.63) is 47.7 Å². The summed E-state index contributed by atoms with van der Waals surface area (Å²) in [5.74, 6) is -0.0636. The molecular weight excluding hydrogens is 232 g/mol. The predicted octanol–water partition coefficient (Wildman–Crippen LogP) is 0.342. The molecule has 1 aromatic heterocycles. The van der Waals surface area contributed by atoms with Gasteiger partial charge in [0.05, 0.1) is 6.20 Å². The first kappa shape index (κ1) is 12.1. The van der Waals surface area contributed by atoms with Gasteiger partial charge in [-0.25, -0.2) is 0 Å². The lowest BCUT2D eigenvalue weighted by Gasteiger charge is -2.11. The molecule has 0 spiro atoms. The largest absolute Gasteiger partial charge is 0.384 e. The van der Waals surface area contributed by atoms with Crippen molar-refractivity contribution in [1.29, 1.82) is 0 Å². The molecule has 1 unspecified atom stereocenters. The van der Waals surface area contributed by atoms with Gasteiger partial charge in [0.1, 0.15) is 5.82 Å². The van der Waals surface area contributed by atoms with Crippen molar-refractivity contribution in [3.8, 4) is 0 Å². The van der Waals surface area contributed by atoms with Crippen LogP contribution in [0, 0.1) is 0 Å². The molecule has 0 radical (unpaired) electrons. The number of aliphatic hydroxyl groups excluding tert-OH is 1. The lowest BCUT2D eigenvalue weighted by atomic mass is 10.1. The summed E-state index contributed by atoms with van der Waals surface area (Å²) in [4.78, 5) is 11.7. The Labute approximate surface area is 104 Å². The van der Waals surface area contributed by atoms with Gasteiger partial charge in [-0.15, -0.1) is 0 Å². The molecule has 0 saturated carbocycles. The minimum Gasteiger partial charge on any atom is -0.384 e. The van der Waals surface area contributed by atoms with E-state index in [-0.39, 0.29) is 6.54 Å². The number of nitrogen functional groups attached to an aromatic ring is 1. The van der Waals surface area contributed by atoms with E-state index in [0.29, 0.717) is 16.9 Å². The number of nitrogens with zero attached hydrogens (tertiary/aromatic N) is 1. The van der Waals surface area contributed by atoms with E-state index in [1.165, 1.54) is 6.20 Å². The Bertz CT molecular complexity index is 524. The highest BCUT2D eigenvalue weighted by molar-refractivity contribution is 5.81. The second-order valence-electron chi connectivity index (χ2n) is 3.84. The normalized spacial score (nSPS) is 12.1. The summed E-state index contributed by atoms with van der Waals surface area (Å²) in [5, 5.41) is 18.7. The fourth-order valence-corrected chi connectivity index (χ4v) is 1.53. The second-order valence-corrected chi connectivity index (χ2v) is 3.84. The molecule has 0 fully saturated rings. The number of amides is 1. The SMILES string of the molecule is Nc1[nH]ncc1CNC(=O)C(O)c1ccccc1. The zero-order chi connectivity index (χ0) is 13.0. The molecule has 5 N–H and O–H groups in total. The average Bonchev–Trinajstić information content (AvgIpc) is 2.81. The summed E-state index contributed by atoms with van der Waals surface area (Å²) < 4.78 is 0. The van der Waals surface area contributed by atoms with Crippen LogP contribution in [0.3, 0.4) is 0 Å². The van der Waals surface area contributed by atoms with E-state index < -0.39 is 12.0 Å². The Morgan fingerprint density at radius 2 is 2.17 bits per heavy atom. The van der Waals surface area contributed by atoms with Crippen LogP contribution in [-0.4, -0.2) is 21.2 Å². The lowest BCUT2D eigenvalue weighted by molar-refractivity contribution is -0.129. The van der Waals surface area contributed by atoms with Gasteiger partial charge in [0, 0.05) is 12.1 Å². The minimum absolute atomic E-state index is 0.227. The van der Waals surface area contributed by atoms with Crippen LogP contribution in [0.4, 0.5) is 5.82 Å². The molecule has 1 atom stereocenters. The monoisotopic (exact) mass is 246 g/mol. The standard InChI is InChI=1S/C12H14N4O2/c13-11-9(7-15-16-11)6-14-12(18)10(17)8-4-2-1-3-5-8/h1-5,7,10,17H,6H2,(H,14,18)(H3,13,15,16). The first-order valence-electron chi connectivity index (χ1n) is 5.47. The Hall–Kier alpha value is -2.34. The van der Waals surface area contributed by atoms with Gasteiger partial charge in [-0.05, 0) is 5.56 Å². The molecular formula is C12H14N4O2. The van der Waals surface area contributed by atoms with Gasteiger partial charge in [-0.2, -0.15) is 5.10 Å². The molecule has 0 saturated heterocycles. The minimum atomic E-state index is -1.18. The van der Waals surface area contributed by atoms with Crippen molar-refractivity contribution in [3.63, 3.8) is 0 Å². The predicted molar refractivity (Wildman–Crippen MR) is 66.2 cm³/mol. The summed E-state index contributed by atoms with van der Waals surface area (Å²) >= 11 is 0. The number of nitrogens with one attached hydrogen (secondary N) is 2. The van der Waals surface area contributed by atoms with Crippen LogP contribution >= 0.6 is 0 Å². The number of hydrogen-bond donors (Lipinski definition) is 4. The molecule has 0 aliphatic rings. The Kier molecular flexibility index (Phi) is 3.59. The highest BCUT2D eigenvalue weighted by Gasteiger charge is 2.16. The number of carbonyl (C=O) groups excluding carboxylic acids is 1. The summed E-state index contributed by atoms with van der Waals surface area (Å²) in [6.07, 6.45) is 0.351. The van der Waals surface area contributed by atoms with E-state index in [4.69, 9.17) is 5.73 Å². The van der Waals surface area contributed by atoms with Gasteiger partial charge in [0.25, 0.3) is 5.91 Å². The summed E-state index contributed by atoms with van der Waals surface area (Å²) in [6.45, 7) is 0.227. The molecule has 6 heteroatoms. The van der Waals surface area contributed by atoms with Crippen LogP contribution in [0.2, 0.25) is 0 Å². The third kappa shape index (κ3) is 2.67. The zero-order valence-corrected chi connectivity index (χ0v) is 9.63. The van der Waals surface area contributed by atoms with Crippen LogP contribution in [0.25, 0.3) is 0 Å². The van der Waals surface area contributed by atoms with E-state index in [2.05, 4.69) is 15.5 Å². The van der Waals surface area contributed by atoms with Crippen LogP contribution in [0.15, 0.2) is 36.5 Å². The van der Waals surface area contributed by atoms with Crippen molar-refractivity contribution in [2.75, 3.05) is 5.73 Å². The van der Waals surface area contributed by atoms with Crippen molar-refractivity contribution < 1.29 is 9.90 Å². The smallest absolute Gasteiger partial charge is 0.253 e. The second kappa shape index (κ2) is 5.33. The van der Waals surface area contributed by atoms with Crippen LogP contribution in [-0.2, 0) is 11.3 Å². The Balaban J connectivity index is 1.95. The van der Waals surface area contributed by atoms with Gasteiger partial charge < -0.3 is 16.2 Å². The van der Waals surface area contributed by atoms with Gasteiger partial charge >= 0.3 is 0 Å². The number of aromatic nitrogens is 2. The molecule has 0 aliphatic carbocycles.